The van der Waals surface area contributed by atoms with E-state index in [-0.39, 0.29) is 18.5 Å². The molecule has 0 amide bonds. The van der Waals surface area contributed by atoms with Crippen molar-refractivity contribution in [2.45, 2.75) is 50.4 Å². The first kappa shape index (κ1) is 28.4. The first-order chi connectivity index (χ1) is 19.8. The second-order valence-electron chi connectivity index (χ2n) is 10.3. The van der Waals surface area contributed by atoms with Gasteiger partial charge in [0, 0.05) is 12.7 Å². The van der Waals surface area contributed by atoms with E-state index in [0.29, 0.717) is 18.3 Å². The summed E-state index contributed by atoms with van der Waals surface area (Å²) in [4.78, 5) is 18.9. The molecule has 3 N–H and O–H groups in total. The Labute approximate surface area is 236 Å². The third-order valence-corrected chi connectivity index (χ3v) is 7.53. The Hall–Kier alpha value is -4.18. The van der Waals surface area contributed by atoms with E-state index in [4.69, 9.17) is 5.11 Å². The summed E-state index contributed by atoms with van der Waals surface area (Å²) in [6, 6.07) is 21.8. The maximum absolute atomic E-state index is 12.9. The van der Waals surface area contributed by atoms with E-state index in [0.717, 1.165) is 47.7 Å². The quantitative estimate of drug-likeness (QED) is 0.186. The fourth-order valence-corrected chi connectivity index (χ4v) is 5.46. The molecule has 4 aromatic rings. The molecule has 214 valence electrons. The number of hydrogen-bond acceptors (Lipinski definition) is 5. The smallest absolute Gasteiger partial charge is 0.434 e. The van der Waals surface area contributed by atoms with Crippen molar-refractivity contribution in [3.63, 3.8) is 0 Å². The summed E-state index contributed by atoms with van der Waals surface area (Å²) in [6.07, 6.45) is 3.74. The molecule has 2 aromatic heterocycles. The predicted octanol–water partition coefficient (Wildman–Crippen LogP) is 6.78. The van der Waals surface area contributed by atoms with E-state index in [2.05, 4.69) is 44.9 Å². The van der Waals surface area contributed by atoms with Crippen LogP contribution in [0.5, 0.6) is 0 Å². The highest BCUT2D eigenvalue weighted by molar-refractivity contribution is 5.66. The number of rotatable bonds is 11. The monoisotopic (exact) mass is 563 g/mol. The number of anilines is 1. The zero-order valence-corrected chi connectivity index (χ0v) is 22.4. The first-order valence-corrected chi connectivity index (χ1v) is 13.7. The fourth-order valence-electron chi connectivity index (χ4n) is 5.46. The van der Waals surface area contributed by atoms with Crippen LogP contribution in [0.2, 0.25) is 0 Å². The van der Waals surface area contributed by atoms with Gasteiger partial charge < -0.3 is 15.7 Å². The lowest BCUT2D eigenvalue weighted by Crippen LogP contribution is -2.25. The van der Waals surface area contributed by atoms with Gasteiger partial charge in [-0.1, -0.05) is 67.4 Å². The van der Waals surface area contributed by atoms with Gasteiger partial charge in [0.2, 0.25) is 0 Å². The Bertz CT molecular complexity index is 1420. The van der Waals surface area contributed by atoms with Crippen LogP contribution in [-0.4, -0.2) is 32.2 Å². The van der Waals surface area contributed by atoms with Crippen molar-refractivity contribution >= 4 is 11.7 Å². The fraction of sp³-hybridized carbons (Fsp3) is 0.323. The summed E-state index contributed by atoms with van der Waals surface area (Å²) in [5, 5.41) is 16.1. The molecule has 1 saturated carbocycles. The molecule has 1 aliphatic rings. The Morgan fingerprint density at radius 1 is 0.951 bits per heavy atom. The van der Waals surface area contributed by atoms with E-state index in [1.165, 1.54) is 17.4 Å². The number of alkyl halides is 3. The van der Waals surface area contributed by atoms with Gasteiger partial charge in [0.15, 0.2) is 5.69 Å². The third-order valence-electron chi connectivity index (χ3n) is 7.53. The van der Waals surface area contributed by atoms with Crippen LogP contribution in [0.1, 0.15) is 66.6 Å². The number of hydrogen-bond donors (Lipinski definition) is 3. The lowest BCUT2D eigenvalue weighted by molar-refractivity contribution is -0.141. The summed E-state index contributed by atoms with van der Waals surface area (Å²) < 4.78 is 40.1. The third kappa shape index (κ3) is 7.13. The minimum atomic E-state index is -4.51. The van der Waals surface area contributed by atoms with Crippen molar-refractivity contribution < 1.29 is 23.1 Å². The molecule has 0 aliphatic heterocycles. The number of aliphatic carboxylic acids is 1. The molecule has 2 atom stereocenters. The molecule has 5 rings (SSSR count). The SMILES string of the molecule is O=C(O)CCN[C@@H](c1ccccc1)c1ccc(C(Nc2ccc(-n3cnc(C(F)(F)F)c3)nc2)C2CCCC2)cc1. The molecule has 0 radical (unpaired) electrons. The molecule has 1 unspecified atom stereocenters. The van der Waals surface area contributed by atoms with Gasteiger partial charge in [-0.2, -0.15) is 13.2 Å². The van der Waals surface area contributed by atoms with Crippen molar-refractivity contribution in [2.75, 3.05) is 11.9 Å². The zero-order valence-electron chi connectivity index (χ0n) is 22.4. The Morgan fingerprint density at radius 2 is 1.63 bits per heavy atom. The van der Waals surface area contributed by atoms with Crippen LogP contribution in [0.15, 0.2) is 85.5 Å². The molecule has 10 heteroatoms. The van der Waals surface area contributed by atoms with Gasteiger partial charge in [0.05, 0.1) is 30.4 Å². The summed E-state index contributed by atoms with van der Waals surface area (Å²) in [7, 11) is 0. The molecular formula is C31H32F3N5O2. The normalized spacial score (nSPS) is 15.5. The Morgan fingerprint density at radius 3 is 2.24 bits per heavy atom. The van der Waals surface area contributed by atoms with Crippen LogP contribution < -0.4 is 10.6 Å². The summed E-state index contributed by atoms with van der Waals surface area (Å²) in [5.74, 6) is -0.0615. The van der Waals surface area contributed by atoms with Crippen molar-refractivity contribution in [2.24, 2.45) is 5.92 Å². The van der Waals surface area contributed by atoms with Gasteiger partial charge in [0.25, 0.3) is 0 Å². The summed E-state index contributed by atoms with van der Waals surface area (Å²) in [5.41, 5.74) is 3.05. The average Bonchev–Trinajstić information content (AvgIpc) is 3.68. The van der Waals surface area contributed by atoms with Crippen molar-refractivity contribution in [1.82, 2.24) is 19.9 Å². The van der Waals surface area contributed by atoms with Crippen LogP contribution in [0.4, 0.5) is 18.9 Å². The highest BCUT2D eigenvalue weighted by Crippen LogP contribution is 2.38. The second kappa shape index (κ2) is 12.6. The number of imidazole rings is 1. The first-order valence-electron chi connectivity index (χ1n) is 13.7. The van der Waals surface area contributed by atoms with E-state index in [1.807, 2.05) is 36.4 Å². The average molecular weight is 564 g/mol. The molecule has 2 heterocycles. The lowest BCUT2D eigenvalue weighted by atomic mass is 9.89. The number of carbonyl (C=O) groups is 1. The topological polar surface area (TPSA) is 92.1 Å². The molecule has 7 nitrogen and oxygen atoms in total. The van der Waals surface area contributed by atoms with Gasteiger partial charge >= 0.3 is 12.1 Å². The molecule has 1 fully saturated rings. The van der Waals surface area contributed by atoms with Crippen molar-refractivity contribution in [3.05, 3.63) is 108 Å². The van der Waals surface area contributed by atoms with Crippen LogP contribution in [0.25, 0.3) is 5.82 Å². The number of halogens is 3. The number of pyridine rings is 1. The molecule has 41 heavy (non-hydrogen) atoms. The zero-order chi connectivity index (χ0) is 28.8. The molecular weight excluding hydrogens is 531 g/mol. The molecule has 0 bridgehead atoms. The molecule has 2 aromatic carbocycles. The van der Waals surface area contributed by atoms with Gasteiger partial charge in [-0.15, -0.1) is 0 Å². The van der Waals surface area contributed by atoms with Gasteiger partial charge in [-0.05, 0) is 47.6 Å². The Balaban J connectivity index is 1.35. The largest absolute Gasteiger partial charge is 0.481 e. The molecule has 1 aliphatic carbocycles. The van der Waals surface area contributed by atoms with Gasteiger partial charge in [-0.25, -0.2) is 9.97 Å². The van der Waals surface area contributed by atoms with Gasteiger partial charge in [0.1, 0.15) is 12.1 Å². The van der Waals surface area contributed by atoms with Crippen LogP contribution >= 0.6 is 0 Å². The molecule has 0 spiro atoms. The van der Waals surface area contributed by atoms with E-state index >= 15 is 0 Å². The van der Waals surface area contributed by atoms with E-state index < -0.39 is 17.8 Å². The van der Waals surface area contributed by atoms with E-state index in [1.54, 1.807) is 12.3 Å². The van der Waals surface area contributed by atoms with Crippen LogP contribution in [0.3, 0.4) is 0 Å². The minimum Gasteiger partial charge on any atom is -0.481 e. The number of nitrogens with one attached hydrogen (secondary N) is 2. The van der Waals surface area contributed by atoms with Crippen LogP contribution in [0, 0.1) is 5.92 Å². The summed E-state index contributed by atoms with van der Waals surface area (Å²) >= 11 is 0. The van der Waals surface area contributed by atoms with Crippen molar-refractivity contribution in [1.29, 1.82) is 0 Å². The second-order valence-corrected chi connectivity index (χ2v) is 10.3. The number of carboxylic acid groups (broad SMARTS) is 1. The number of aromatic nitrogens is 3. The highest BCUT2D eigenvalue weighted by Gasteiger charge is 2.33. The highest BCUT2D eigenvalue weighted by atomic mass is 19.4. The maximum atomic E-state index is 12.9. The van der Waals surface area contributed by atoms with E-state index in [9.17, 15) is 18.0 Å². The summed E-state index contributed by atoms with van der Waals surface area (Å²) in [6.45, 7) is 0.350. The Kier molecular flexibility index (Phi) is 8.68. The number of benzene rings is 2. The van der Waals surface area contributed by atoms with Crippen LogP contribution in [-0.2, 0) is 11.0 Å². The number of nitrogens with zero attached hydrogens (tertiary/aromatic N) is 3. The standard InChI is InChI=1S/C31H32F3N5O2/c32-31(33,34)26-19-39(20-37-26)27-15-14-25(18-36-27)38-30(22-8-4-5-9-22)24-12-10-23(11-13-24)29(35-17-16-28(40)41)21-6-2-1-3-7-21/h1-3,6-7,10-15,18-20,22,29-30,35,38H,4-5,8-9,16-17H2,(H,40,41)/t29-,30?/m0/s1. The minimum absolute atomic E-state index is 0.0340. The lowest BCUT2D eigenvalue weighted by Gasteiger charge is -2.27. The molecule has 0 saturated heterocycles. The number of carboxylic acids is 1. The maximum Gasteiger partial charge on any atom is 0.434 e. The van der Waals surface area contributed by atoms with Crippen molar-refractivity contribution in [3.8, 4) is 5.82 Å². The van der Waals surface area contributed by atoms with Gasteiger partial charge in [-0.3, -0.25) is 9.36 Å². The predicted molar refractivity (Wildman–Crippen MR) is 150 cm³/mol.